The molecule has 1 heterocycles. The number of benzene rings is 2. The predicted molar refractivity (Wildman–Crippen MR) is 120 cm³/mol. The number of hydrogen-bond acceptors (Lipinski definition) is 5. The van der Waals surface area contributed by atoms with Gasteiger partial charge < -0.3 is 14.7 Å². The maximum atomic E-state index is 13.3. The highest BCUT2D eigenvalue weighted by Crippen LogP contribution is 2.30. The van der Waals surface area contributed by atoms with E-state index in [1.54, 1.807) is 31.4 Å². The third-order valence-corrected chi connectivity index (χ3v) is 7.95. The fraction of sp³-hybridized carbons (Fsp3) is 0.435. The Bertz CT molecular complexity index is 986. The van der Waals surface area contributed by atoms with Gasteiger partial charge in [0.05, 0.1) is 12.0 Å². The highest BCUT2D eigenvalue weighted by atomic mass is 32.2. The van der Waals surface area contributed by atoms with Crippen LogP contribution < -0.4 is 4.74 Å². The molecule has 0 spiro atoms. The number of carboxylic acids is 1. The summed E-state index contributed by atoms with van der Waals surface area (Å²) in [6.45, 7) is 5.89. The molecule has 0 aromatic heterocycles. The van der Waals surface area contributed by atoms with Crippen LogP contribution in [-0.4, -0.2) is 67.5 Å². The summed E-state index contributed by atoms with van der Waals surface area (Å²) in [6.07, 6.45) is 0.912. The van der Waals surface area contributed by atoms with Crippen LogP contribution in [0.4, 0.5) is 0 Å². The number of piperidine rings is 1. The molecule has 0 saturated carbocycles. The van der Waals surface area contributed by atoms with Crippen LogP contribution in [0.25, 0.3) is 11.1 Å². The molecule has 1 aliphatic rings. The highest BCUT2D eigenvalue weighted by Gasteiger charge is 2.41. The second-order valence-corrected chi connectivity index (χ2v) is 9.51. The molecular formula is C23H30N2O5S. The quantitative estimate of drug-likeness (QED) is 0.669. The first-order valence-electron chi connectivity index (χ1n) is 10.5. The number of ether oxygens (including phenoxy) is 1. The monoisotopic (exact) mass is 446 g/mol. The largest absolute Gasteiger partial charge is 0.497 e. The number of methoxy groups -OCH3 is 1. The molecule has 0 radical (unpaired) electrons. The third kappa shape index (κ3) is 4.92. The Morgan fingerprint density at radius 3 is 2.10 bits per heavy atom. The fourth-order valence-corrected chi connectivity index (χ4v) is 5.85. The molecule has 3 rings (SSSR count). The average molecular weight is 447 g/mol. The number of aliphatic carboxylic acids is 1. The van der Waals surface area contributed by atoms with Gasteiger partial charge in [0.15, 0.2) is 0 Å². The Morgan fingerprint density at radius 2 is 1.61 bits per heavy atom. The third-order valence-electron chi connectivity index (χ3n) is 6.02. The van der Waals surface area contributed by atoms with Gasteiger partial charge in [-0.3, -0.25) is 4.79 Å². The zero-order valence-corrected chi connectivity index (χ0v) is 19.0. The topological polar surface area (TPSA) is 87.2 Å². The number of carboxylic acid groups (broad SMARTS) is 1. The zero-order chi connectivity index (χ0) is 22.6. The summed E-state index contributed by atoms with van der Waals surface area (Å²) < 4.78 is 32.9. The Labute approximate surface area is 184 Å². The Hall–Kier alpha value is -2.42. The van der Waals surface area contributed by atoms with Crippen LogP contribution in [0.5, 0.6) is 5.75 Å². The molecule has 2 aromatic rings. The maximum Gasteiger partial charge on any atom is 0.322 e. The van der Waals surface area contributed by atoms with Crippen LogP contribution in [0.1, 0.15) is 26.7 Å². The Balaban J connectivity index is 1.83. The Morgan fingerprint density at radius 1 is 1.06 bits per heavy atom. The molecule has 31 heavy (non-hydrogen) atoms. The fourth-order valence-electron chi connectivity index (χ4n) is 4.25. The SMILES string of the molecule is CCN(CC)[C@@H]1CCN(S(=O)(=O)c2ccc(-c3ccc(OC)cc3)cc2)[C@@H](C(=O)O)C1. The van der Waals surface area contributed by atoms with Gasteiger partial charge in [-0.05, 0) is 61.3 Å². The van der Waals surface area contributed by atoms with Gasteiger partial charge in [-0.25, -0.2) is 8.42 Å². The summed E-state index contributed by atoms with van der Waals surface area (Å²) >= 11 is 0. The second-order valence-electron chi connectivity index (χ2n) is 7.62. The van der Waals surface area contributed by atoms with Crippen molar-refractivity contribution in [3.05, 3.63) is 48.5 Å². The van der Waals surface area contributed by atoms with Gasteiger partial charge in [0.25, 0.3) is 0 Å². The minimum absolute atomic E-state index is 0.0694. The van der Waals surface area contributed by atoms with E-state index in [-0.39, 0.29) is 17.5 Å². The smallest absolute Gasteiger partial charge is 0.322 e. The summed E-state index contributed by atoms with van der Waals surface area (Å²) in [7, 11) is -2.31. The first kappa shape index (κ1) is 23.2. The van der Waals surface area contributed by atoms with Crippen molar-refractivity contribution >= 4 is 16.0 Å². The van der Waals surface area contributed by atoms with E-state index in [1.165, 1.54) is 0 Å². The van der Waals surface area contributed by atoms with Crippen LogP contribution in [-0.2, 0) is 14.8 Å². The van der Waals surface area contributed by atoms with E-state index in [9.17, 15) is 18.3 Å². The zero-order valence-electron chi connectivity index (χ0n) is 18.2. The van der Waals surface area contributed by atoms with Crippen molar-refractivity contribution in [1.29, 1.82) is 0 Å². The van der Waals surface area contributed by atoms with Crippen molar-refractivity contribution in [3.8, 4) is 16.9 Å². The maximum absolute atomic E-state index is 13.3. The van der Waals surface area contributed by atoms with Gasteiger partial charge in [0, 0.05) is 12.6 Å². The molecule has 2 aromatic carbocycles. The van der Waals surface area contributed by atoms with Crippen LogP contribution in [0.15, 0.2) is 53.4 Å². The standard InChI is InChI=1S/C23H30N2O5S/c1-4-24(5-2)19-14-15-25(22(16-19)23(26)27)31(28,29)21-12-8-18(9-13-21)17-6-10-20(30-3)11-7-17/h6-13,19,22H,4-5,14-16H2,1-3H3,(H,26,27)/t19-,22-/m1/s1. The van der Waals surface area contributed by atoms with E-state index < -0.39 is 22.0 Å². The molecule has 1 fully saturated rings. The lowest BCUT2D eigenvalue weighted by Crippen LogP contribution is -2.54. The Kier molecular flexibility index (Phi) is 7.35. The van der Waals surface area contributed by atoms with Gasteiger partial charge in [0.1, 0.15) is 11.8 Å². The molecule has 1 saturated heterocycles. The van der Waals surface area contributed by atoms with E-state index in [2.05, 4.69) is 4.90 Å². The summed E-state index contributed by atoms with van der Waals surface area (Å²) in [5.74, 6) is -0.356. The molecular weight excluding hydrogens is 416 g/mol. The first-order valence-corrected chi connectivity index (χ1v) is 12.0. The molecule has 0 amide bonds. The summed E-state index contributed by atoms with van der Waals surface area (Å²) in [5.41, 5.74) is 1.81. The molecule has 0 unspecified atom stereocenters. The molecule has 0 bridgehead atoms. The lowest BCUT2D eigenvalue weighted by Gasteiger charge is -2.40. The van der Waals surface area contributed by atoms with Crippen LogP contribution in [0, 0.1) is 0 Å². The van der Waals surface area contributed by atoms with E-state index in [4.69, 9.17) is 4.74 Å². The molecule has 7 nitrogen and oxygen atoms in total. The van der Waals surface area contributed by atoms with E-state index >= 15 is 0 Å². The first-order chi connectivity index (χ1) is 14.8. The summed E-state index contributed by atoms with van der Waals surface area (Å²) in [6, 6.07) is 13.1. The molecule has 0 aliphatic carbocycles. The number of sulfonamides is 1. The lowest BCUT2D eigenvalue weighted by atomic mass is 9.98. The minimum Gasteiger partial charge on any atom is -0.497 e. The number of nitrogens with zero attached hydrogens (tertiary/aromatic N) is 2. The average Bonchev–Trinajstić information content (AvgIpc) is 2.80. The normalized spacial score (nSPS) is 20.0. The van der Waals surface area contributed by atoms with Crippen molar-refractivity contribution in [1.82, 2.24) is 9.21 Å². The van der Waals surface area contributed by atoms with Crippen molar-refractivity contribution in [2.75, 3.05) is 26.7 Å². The number of carbonyl (C=O) groups is 1. The summed E-state index contributed by atoms with van der Waals surface area (Å²) in [5, 5.41) is 9.76. The van der Waals surface area contributed by atoms with Crippen molar-refractivity contribution < 1.29 is 23.1 Å². The van der Waals surface area contributed by atoms with E-state index in [0.29, 0.717) is 12.8 Å². The van der Waals surface area contributed by atoms with E-state index in [0.717, 1.165) is 34.3 Å². The molecule has 8 heteroatoms. The van der Waals surface area contributed by atoms with Crippen LogP contribution in [0.3, 0.4) is 0 Å². The minimum atomic E-state index is -3.91. The summed E-state index contributed by atoms with van der Waals surface area (Å²) in [4.78, 5) is 14.3. The number of rotatable bonds is 8. The van der Waals surface area contributed by atoms with Gasteiger partial charge in [-0.1, -0.05) is 38.1 Å². The van der Waals surface area contributed by atoms with Crippen LogP contribution in [0.2, 0.25) is 0 Å². The van der Waals surface area contributed by atoms with Crippen LogP contribution >= 0.6 is 0 Å². The van der Waals surface area contributed by atoms with Crippen molar-refractivity contribution in [2.45, 2.75) is 43.7 Å². The highest BCUT2D eigenvalue weighted by molar-refractivity contribution is 7.89. The lowest BCUT2D eigenvalue weighted by molar-refractivity contribution is -0.143. The van der Waals surface area contributed by atoms with Crippen molar-refractivity contribution in [3.63, 3.8) is 0 Å². The second kappa shape index (κ2) is 9.80. The van der Waals surface area contributed by atoms with Gasteiger partial charge in [-0.15, -0.1) is 0 Å². The molecule has 1 N–H and O–H groups in total. The van der Waals surface area contributed by atoms with Gasteiger partial charge in [0.2, 0.25) is 10.0 Å². The van der Waals surface area contributed by atoms with Crippen molar-refractivity contribution in [2.24, 2.45) is 0 Å². The number of hydrogen-bond donors (Lipinski definition) is 1. The molecule has 1 aliphatic heterocycles. The molecule has 168 valence electrons. The van der Waals surface area contributed by atoms with Gasteiger partial charge in [-0.2, -0.15) is 4.31 Å². The van der Waals surface area contributed by atoms with E-state index in [1.807, 2.05) is 38.1 Å². The molecule has 2 atom stereocenters. The van der Waals surface area contributed by atoms with Gasteiger partial charge >= 0.3 is 5.97 Å². The predicted octanol–water partition coefficient (Wildman–Crippen LogP) is 3.31.